The standard InChI is InChI=1S/C16H24BrClN2O/c1-10(2)9-12-13(17)14(18)20-15(19-12)16(21-4)7-5-11(3)6-8-16/h10-11H,5-9H2,1-4H3. The van der Waals surface area contributed by atoms with Gasteiger partial charge in [-0.05, 0) is 59.9 Å². The molecule has 1 heterocycles. The number of nitrogens with zero attached hydrogens (tertiary/aromatic N) is 2. The molecule has 1 saturated carbocycles. The van der Waals surface area contributed by atoms with Crippen LogP contribution in [0.15, 0.2) is 4.47 Å². The summed E-state index contributed by atoms with van der Waals surface area (Å²) in [6.07, 6.45) is 5.09. The van der Waals surface area contributed by atoms with Crippen molar-refractivity contribution in [2.24, 2.45) is 11.8 Å². The zero-order valence-electron chi connectivity index (χ0n) is 13.2. The Morgan fingerprint density at radius 1 is 1.33 bits per heavy atom. The first kappa shape index (κ1) is 17.2. The van der Waals surface area contributed by atoms with E-state index in [-0.39, 0.29) is 5.60 Å². The molecule has 0 aliphatic heterocycles. The van der Waals surface area contributed by atoms with Crippen LogP contribution in [-0.2, 0) is 16.8 Å². The van der Waals surface area contributed by atoms with Crippen molar-refractivity contribution in [1.29, 1.82) is 0 Å². The Hall–Kier alpha value is -0.190. The monoisotopic (exact) mass is 374 g/mol. The van der Waals surface area contributed by atoms with Gasteiger partial charge in [-0.25, -0.2) is 9.97 Å². The van der Waals surface area contributed by atoms with Crippen molar-refractivity contribution in [1.82, 2.24) is 9.97 Å². The molecule has 1 aliphatic rings. The molecule has 0 saturated heterocycles. The lowest BCUT2D eigenvalue weighted by molar-refractivity contribution is -0.0599. The lowest BCUT2D eigenvalue weighted by Crippen LogP contribution is -2.35. The third-order valence-electron chi connectivity index (χ3n) is 4.36. The van der Waals surface area contributed by atoms with Crippen LogP contribution >= 0.6 is 27.5 Å². The number of halogens is 2. The molecule has 3 nitrogen and oxygen atoms in total. The molecule has 118 valence electrons. The maximum absolute atomic E-state index is 6.32. The number of hydrogen-bond acceptors (Lipinski definition) is 3. The Bertz CT molecular complexity index is 499. The third kappa shape index (κ3) is 3.77. The molecule has 0 N–H and O–H groups in total. The maximum atomic E-state index is 6.32. The Morgan fingerprint density at radius 3 is 2.48 bits per heavy atom. The van der Waals surface area contributed by atoms with E-state index in [1.807, 2.05) is 0 Å². The number of methoxy groups -OCH3 is 1. The number of rotatable bonds is 4. The summed E-state index contributed by atoms with van der Waals surface area (Å²) in [6, 6.07) is 0. The summed E-state index contributed by atoms with van der Waals surface area (Å²) in [4.78, 5) is 9.31. The zero-order valence-corrected chi connectivity index (χ0v) is 15.6. The smallest absolute Gasteiger partial charge is 0.162 e. The van der Waals surface area contributed by atoms with Gasteiger partial charge in [0, 0.05) is 7.11 Å². The molecule has 0 bridgehead atoms. The SMILES string of the molecule is COC1(c2nc(Cl)c(Br)c(CC(C)C)n2)CCC(C)CC1. The summed E-state index contributed by atoms with van der Waals surface area (Å²) < 4.78 is 6.69. The van der Waals surface area contributed by atoms with Gasteiger partial charge in [0.25, 0.3) is 0 Å². The van der Waals surface area contributed by atoms with E-state index in [0.717, 1.165) is 54.0 Å². The molecule has 0 radical (unpaired) electrons. The second-order valence-electron chi connectivity index (χ2n) is 6.58. The molecule has 1 aliphatic carbocycles. The molecule has 0 amide bonds. The van der Waals surface area contributed by atoms with Crippen molar-refractivity contribution >= 4 is 27.5 Å². The number of ether oxygens (including phenoxy) is 1. The predicted octanol–water partition coefficient (Wildman–Crippen LogP) is 5.14. The molecule has 0 spiro atoms. The predicted molar refractivity (Wildman–Crippen MR) is 89.6 cm³/mol. The minimum atomic E-state index is -0.372. The fourth-order valence-electron chi connectivity index (χ4n) is 2.94. The minimum Gasteiger partial charge on any atom is -0.370 e. The van der Waals surface area contributed by atoms with Crippen molar-refractivity contribution in [3.63, 3.8) is 0 Å². The van der Waals surface area contributed by atoms with Gasteiger partial charge in [0.05, 0.1) is 10.2 Å². The van der Waals surface area contributed by atoms with Crippen LogP contribution in [-0.4, -0.2) is 17.1 Å². The first-order chi connectivity index (χ1) is 9.88. The molecule has 1 aromatic rings. The van der Waals surface area contributed by atoms with Crippen molar-refractivity contribution in [3.05, 3.63) is 21.1 Å². The van der Waals surface area contributed by atoms with E-state index in [4.69, 9.17) is 21.3 Å². The lowest BCUT2D eigenvalue weighted by Gasteiger charge is -2.37. The van der Waals surface area contributed by atoms with Crippen molar-refractivity contribution < 1.29 is 4.74 Å². The topological polar surface area (TPSA) is 35.0 Å². The van der Waals surface area contributed by atoms with Gasteiger partial charge in [-0.3, -0.25) is 0 Å². The second kappa shape index (κ2) is 6.93. The normalized spacial score (nSPS) is 26.3. The maximum Gasteiger partial charge on any atom is 0.162 e. The quantitative estimate of drug-likeness (QED) is 0.683. The van der Waals surface area contributed by atoms with Crippen LogP contribution in [0.1, 0.15) is 58.0 Å². The summed E-state index contributed by atoms with van der Waals surface area (Å²) in [5, 5.41) is 0.491. The van der Waals surface area contributed by atoms with E-state index < -0.39 is 0 Å². The van der Waals surface area contributed by atoms with Gasteiger partial charge in [-0.2, -0.15) is 0 Å². The Kier molecular flexibility index (Phi) is 5.66. The van der Waals surface area contributed by atoms with Gasteiger partial charge < -0.3 is 4.74 Å². The molecule has 21 heavy (non-hydrogen) atoms. The average molecular weight is 376 g/mol. The minimum absolute atomic E-state index is 0.372. The molecule has 2 rings (SSSR count). The van der Waals surface area contributed by atoms with Crippen LogP contribution < -0.4 is 0 Å². The molecule has 0 aromatic carbocycles. The molecule has 5 heteroatoms. The number of hydrogen-bond donors (Lipinski definition) is 0. The highest BCUT2D eigenvalue weighted by Gasteiger charge is 2.39. The van der Waals surface area contributed by atoms with Gasteiger partial charge in [-0.15, -0.1) is 0 Å². The van der Waals surface area contributed by atoms with Crippen LogP contribution in [0.2, 0.25) is 5.15 Å². The highest BCUT2D eigenvalue weighted by Crippen LogP contribution is 2.41. The largest absolute Gasteiger partial charge is 0.370 e. The molecule has 0 atom stereocenters. The van der Waals surface area contributed by atoms with Gasteiger partial charge in [0.1, 0.15) is 10.8 Å². The molecule has 1 aromatic heterocycles. The highest BCUT2D eigenvalue weighted by molar-refractivity contribution is 9.10. The summed E-state index contributed by atoms with van der Waals surface area (Å²) in [6.45, 7) is 6.65. The van der Waals surface area contributed by atoms with Crippen LogP contribution in [0, 0.1) is 11.8 Å². The first-order valence-electron chi connectivity index (χ1n) is 7.65. The summed E-state index contributed by atoms with van der Waals surface area (Å²) in [5.74, 6) is 2.01. The van der Waals surface area contributed by atoms with Crippen LogP contribution in [0.25, 0.3) is 0 Å². The van der Waals surface area contributed by atoms with E-state index >= 15 is 0 Å². The van der Waals surface area contributed by atoms with Crippen LogP contribution in [0.5, 0.6) is 0 Å². The second-order valence-corrected chi connectivity index (χ2v) is 7.73. The van der Waals surface area contributed by atoms with E-state index in [1.165, 1.54) is 0 Å². The van der Waals surface area contributed by atoms with Crippen LogP contribution in [0.4, 0.5) is 0 Å². The average Bonchev–Trinajstić information content (AvgIpc) is 2.44. The molecule has 0 unspecified atom stereocenters. The van der Waals surface area contributed by atoms with Gasteiger partial charge in [0.15, 0.2) is 5.82 Å². The van der Waals surface area contributed by atoms with E-state index in [2.05, 4.69) is 41.7 Å². The van der Waals surface area contributed by atoms with E-state index in [9.17, 15) is 0 Å². The molecular weight excluding hydrogens is 352 g/mol. The Labute approximate surface area is 141 Å². The Morgan fingerprint density at radius 2 is 1.95 bits per heavy atom. The fourth-order valence-corrected chi connectivity index (χ4v) is 3.46. The van der Waals surface area contributed by atoms with Crippen molar-refractivity contribution in [3.8, 4) is 0 Å². The first-order valence-corrected chi connectivity index (χ1v) is 8.82. The summed E-state index contributed by atoms with van der Waals surface area (Å²) in [5.41, 5.74) is 0.609. The summed E-state index contributed by atoms with van der Waals surface area (Å²) >= 11 is 9.83. The van der Waals surface area contributed by atoms with E-state index in [0.29, 0.717) is 11.1 Å². The zero-order chi connectivity index (χ0) is 15.6. The molecular formula is C16H24BrClN2O. The lowest BCUT2D eigenvalue weighted by atomic mass is 9.79. The Balaban J connectivity index is 2.40. The van der Waals surface area contributed by atoms with Gasteiger partial charge >= 0.3 is 0 Å². The van der Waals surface area contributed by atoms with Gasteiger partial charge in [-0.1, -0.05) is 32.4 Å². The highest BCUT2D eigenvalue weighted by atomic mass is 79.9. The van der Waals surface area contributed by atoms with Crippen LogP contribution in [0.3, 0.4) is 0 Å². The third-order valence-corrected chi connectivity index (χ3v) is 5.70. The van der Waals surface area contributed by atoms with Crippen molar-refractivity contribution in [2.75, 3.05) is 7.11 Å². The molecule has 1 fully saturated rings. The van der Waals surface area contributed by atoms with Gasteiger partial charge in [0.2, 0.25) is 0 Å². The number of aromatic nitrogens is 2. The van der Waals surface area contributed by atoms with E-state index in [1.54, 1.807) is 7.11 Å². The van der Waals surface area contributed by atoms with Crippen molar-refractivity contribution in [2.45, 2.75) is 58.5 Å². The summed E-state index contributed by atoms with van der Waals surface area (Å²) in [7, 11) is 1.76. The fraction of sp³-hybridized carbons (Fsp3) is 0.750.